The number of carbonyl (C=O) groups is 1. The quantitative estimate of drug-likeness (QED) is 0.198. The second kappa shape index (κ2) is 11.3. The molecule has 1 unspecified atom stereocenters. The van der Waals surface area contributed by atoms with Gasteiger partial charge in [0.05, 0.1) is 22.8 Å². The summed E-state index contributed by atoms with van der Waals surface area (Å²) in [5.74, 6) is 0. The first-order valence-corrected chi connectivity index (χ1v) is 12.8. The van der Waals surface area contributed by atoms with E-state index in [0.29, 0.717) is 6.42 Å². The fourth-order valence-electron chi connectivity index (χ4n) is 4.55. The first-order valence-electron chi connectivity index (χ1n) is 12.8. The van der Waals surface area contributed by atoms with E-state index in [2.05, 4.69) is 12.1 Å². The largest absolute Gasteiger partial charge is 0.443 e. The summed E-state index contributed by atoms with van der Waals surface area (Å²) in [7, 11) is 0. The summed E-state index contributed by atoms with van der Waals surface area (Å²) >= 11 is 0. The number of para-hydroxylation sites is 1. The number of nitriles is 1. The van der Waals surface area contributed by atoms with Crippen molar-refractivity contribution in [3.8, 4) is 6.07 Å². The second-order valence-corrected chi connectivity index (χ2v) is 10.1. The summed E-state index contributed by atoms with van der Waals surface area (Å²) < 4.78 is 7.33. The number of nitrogens with zero attached hydrogens (tertiary/aromatic N) is 3. The van der Waals surface area contributed by atoms with Gasteiger partial charge in [-0.1, -0.05) is 72.8 Å². The Morgan fingerprint density at radius 2 is 1.68 bits per heavy atom. The van der Waals surface area contributed by atoms with E-state index in [1.54, 1.807) is 4.57 Å². The van der Waals surface area contributed by atoms with E-state index in [0.717, 1.165) is 44.2 Å². The molecule has 0 radical (unpaired) electrons. The van der Waals surface area contributed by atoms with Crippen LogP contribution in [0, 0.1) is 11.3 Å². The van der Waals surface area contributed by atoms with Crippen LogP contribution in [0.15, 0.2) is 102 Å². The number of hydrogen-bond donors (Lipinski definition) is 0. The third-order valence-electron chi connectivity index (χ3n) is 6.15. The molecule has 1 atom stereocenters. The standard InChI is InChI=1S/C33H33N3O2/c1-6-13-24(7-2)31(25-14-9-8-10-15-25)35-26(22-34)20-23-18-19-30-28(21-23)27-16-11-12-17-29(27)36(30)32(37)38-33(3,4)5/h6-19,21,26H,20H2,1-5H3/b13-6-,24-7+,35-31?. The van der Waals surface area contributed by atoms with E-state index < -0.39 is 17.7 Å². The molecule has 4 aromatic rings. The molecule has 0 saturated heterocycles. The van der Waals surface area contributed by atoms with Crippen molar-refractivity contribution in [1.82, 2.24) is 4.57 Å². The van der Waals surface area contributed by atoms with Gasteiger partial charge in [0.1, 0.15) is 11.6 Å². The topological polar surface area (TPSA) is 67.4 Å². The molecule has 0 bridgehead atoms. The number of rotatable bonds is 6. The van der Waals surface area contributed by atoms with E-state index in [-0.39, 0.29) is 0 Å². The number of ether oxygens (including phenoxy) is 1. The lowest BCUT2D eigenvalue weighted by Gasteiger charge is -2.20. The van der Waals surface area contributed by atoms with Crippen LogP contribution in [-0.4, -0.2) is 28.0 Å². The Labute approximate surface area is 224 Å². The van der Waals surface area contributed by atoms with Crippen LogP contribution in [0.2, 0.25) is 0 Å². The SMILES string of the molecule is C/C=C\C(=C/C)C(=NC(C#N)Cc1ccc2c(c1)c1ccccc1n2C(=O)OC(C)(C)C)c1ccccc1. The fourth-order valence-corrected chi connectivity index (χ4v) is 4.55. The Balaban J connectivity index is 1.77. The maximum Gasteiger partial charge on any atom is 0.419 e. The van der Waals surface area contributed by atoms with Gasteiger partial charge in [0.2, 0.25) is 0 Å². The number of aliphatic imine (C=N–C) groups is 1. The molecule has 3 aromatic carbocycles. The molecule has 1 aromatic heterocycles. The fraction of sp³-hybridized carbons (Fsp3) is 0.242. The lowest BCUT2D eigenvalue weighted by molar-refractivity contribution is 0.0551. The van der Waals surface area contributed by atoms with Gasteiger partial charge in [0.15, 0.2) is 0 Å². The monoisotopic (exact) mass is 503 g/mol. The van der Waals surface area contributed by atoms with Gasteiger partial charge >= 0.3 is 6.09 Å². The summed E-state index contributed by atoms with van der Waals surface area (Å²) in [5.41, 5.74) is 4.65. The zero-order chi connectivity index (χ0) is 27.3. The van der Waals surface area contributed by atoms with E-state index >= 15 is 0 Å². The zero-order valence-electron chi connectivity index (χ0n) is 22.6. The van der Waals surface area contributed by atoms with Crippen LogP contribution in [-0.2, 0) is 11.2 Å². The number of fused-ring (bicyclic) bond motifs is 3. The van der Waals surface area contributed by atoms with Gasteiger partial charge in [-0.3, -0.25) is 4.99 Å². The van der Waals surface area contributed by atoms with Crippen LogP contribution in [0.4, 0.5) is 4.79 Å². The lowest BCUT2D eigenvalue weighted by atomic mass is 9.99. The maximum absolute atomic E-state index is 13.1. The first-order chi connectivity index (χ1) is 18.3. The molecule has 0 aliphatic rings. The zero-order valence-corrected chi connectivity index (χ0v) is 22.6. The molecule has 4 rings (SSSR count). The van der Waals surface area contributed by atoms with Gasteiger partial charge in [-0.2, -0.15) is 5.26 Å². The molecule has 192 valence electrons. The molecule has 0 aliphatic carbocycles. The Kier molecular flexibility index (Phi) is 7.93. The van der Waals surface area contributed by atoms with Crippen LogP contribution < -0.4 is 0 Å². The smallest absolute Gasteiger partial charge is 0.419 e. The van der Waals surface area contributed by atoms with Crippen molar-refractivity contribution in [1.29, 1.82) is 5.26 Å². The second-order valence-electron chi connectivity index (χ2n) is 10.1. The molecule has 0 N–H and O–H groups in total. The highest BCUT2D eigenvalue weighted by molar-refractivity contribution is 6.14. The van der Waals surface area contributed by atoms with Crippen molar-refractivity contribution >= 4 is 33.6 Å². The number of hydrogen-bond acceptors (Lipinski definition) is 4. The Morgan fingerprint density at radius 3 is 2.34 bits per heavy atom. The molecule has 1 heterocycles. The molecule has 0 aliphatic heterocycles. The number of benzene rings is 3. The molecule has 0 fully saturated rings. The molecule has 5 heteroatoms. The van der Waals surface area contributed by atoms with Gasteiger partial charge in [0, 0.05) is 22.8 Å². The highest BCUT2D eigenvalue weighted by atomic mass is 16.6. The van der Waals surface area contributed by atoms with Crippen molar-refractivity contribution in [3.05, 3.63) is 108 Å². The van der Waals surface area contributed by atoms with Crippen LogP contribution in [0.1, 0.15) is 45.7 Å². The summed E-state index contributed by atoms with van der Waals surface area (Å²) in [5, 5.41) is 12.0. The lowest BCUT2D eigenvalue weighted by Crippen LogP contribution is -2.27. The first kappa shape index (κ1) is 26.6. The molecule has 0 spiro atoms. The summed E-state index contributed by atoms with van der Waals surface area (Å²) in [6, 6.07) is 25.5. The average Bonchev–Trinajstić information content (AvgIpc) is 3.23. The molecule has 38 heavy (non-hydrogen) atoms. The predicted molar refractivity (Wildman–Crippen MR) is 156 cm³/mol. The third kappa shape index (κ3) is 5.76. The molecule has 0 saturated carbocycles. The van der Waals surface area contributed by atoms with E-state index in [1.807, 2.05) is 120 Å². The number of carbonyl (C=O) groups excluding carboxylic acids is 1. The minimum absolute atomic E-state index is 0.411. The van der Waals surface area contributed by atoms with Crippen LogP contribution in [0.5, 0.6) is 0 Å². The van der Waals surface area contributed by atoms with Crippen molar-refractivity contribution < 1.29 is 9.53 Å². The highest BCUT2D eigenvalue weighted by Gasteiger charge is 2.22. The van der Waals surface area contributed by atoms with Crippen LogP contribution in [0.25, 0.3) is 21.8 Å². The van der Waals surface area contributed by atoms with Gasteiger partial charge in [-0.15, -0.1) is 0 Å². The normalized spacial score (nSPS) is 13.7. The van der Waals surface area contributed by atoms with Crippen molar-refractivity contribution in [2.45, 2.75) is 52.7 Å². The molecule has 0 amide bonds. The molecule has 5 nitrogen and oxygen atoms in total. The van der Waals surface area contributed by atoms with Gasteiger partial charge in [-0.25, -0.2) is 9.36 Å². The Hall–Kier alpha value is -4.43. The van der Waals surface area contributed by atoms with Crippen molar-refractivity contribution in [2.24, 2.45) is 4.99 Å². The van der Waals surface area contributed by atoms with E-state index in [9.17, 15) is 10.1 Å². The highest BCUT2D eigenvalue weighted by Crippen LogP contribution is 2.31. The third-order valence-corrected chi connectivity index (χ3v) is 6.15. The minimum Gasteiger partial charge on any atom is -0.443 e. The molecular weight excluding hydrogens is 470 g/mol. The summed E-state index contributed by atoms with van der Waals surface area (Å²) in [4.78, 5) is 18.1. The minimum atomic E-state index is -0.609. The number of allylic oxidation sites excluding steroid dienone is 4. The van der Waals surface area contributed by atoms with Crippen molar-refractivity contribution in [3.63, 3.8) is 0 Å². The van der Waals surface area contributed by atoms with Crippen molar-refractivity contribution in [2.75, 3.05) is 0 Å². The predicted octanol–water partition coefficient (Wildman–Crippen LogP) is 8.02. The average molecular weight is 504 g/mol. The van der Waals surface area contributed by atoms with Crippen LogP contribution in [0.3, 0.4) is 0 Å². The summed E-state index contributed by atoms with van der Waals surface area (Å²) in [6.45, 7) is 9.52. The maximum atomic E-state index is 13.1. The van der Waals surface area contributed by atoms with Gasteiger partial charge in [0.25, 0.3) is 0 Å². The van der Waals surface area contributed by atoms with Gasteiger partial charge < -0.3 is 4.74 Å². The Bertz CT molecular complexity index is 1590. The number of aromatic nitrogens is 1. The van der Waals surface area contributed by atoms with E-state index in [1.165, 1.54) is 0 Å². The van der Waals surface area contributed by atoms with E-state index in [4.69, 9.17) is 9.73 Å². The molecular formula is C33H33N3O2. The Morgan fingerprint density at radius 1 is 1.00 bits per heavy atom. The summed E-state index contributed by atoms with van der Waals surface area (Å²) in [6.07, 6.45) is 6.03. The van der Waals surface area contributed by atoms with Crippen LogP contribution >= 0.6 is 0 Å². The van der Waals surface area contributed by atoms with Gasteiger partial charge in [-0.05, 0) is 64.0 Å².